The quantitative estimate of drug-likeness (QED) is 0.899. The van der Waals surface area contributed by atoms with Gasteiger partial charge in [-0.15, -0.1) is 0 Å². The van der Waals surface area contributed by atoms with Crippen LogP contribution in [0.15, 0.2) is 54.6 Å². The molecule has 2 aromatic carbocycles. The highest BCUT2D eigenvalue weighted by atomic mass is 15.1. The number of hydrogen-bond donors (Lipinski definition) is 1. The average molecular weight is 268 g/mol. The molecule has 0 fully saturated rings. The summed E-state index contributed by atoms with van der Waals surface area (Å²) in [5.74, 6) is 0. The molecule has 20 heavy (non-hydrogen) atoms. The molecule has 2 unspecified atom stereocenters. The second kappa shape index (κ2) is 6.69. The Kier molecular flexibility index (Phi) is 4.94. The van der Waals surface area contributed by atoms with E-state index in [4.69, 9.17) is 5.73 Å². The Balaban J connectivity index is 2.18. The van der Waals surface area contributed by atoms with Gasteiger partial charge >= 0.3 is 0 Å². The third kappa shape index (κ3) is 3.69. The van der Waals surface area contributed by atoms with Gasteiger partial charge < -0.3 is 5.73 Å². The van der Waals surface area contributed by atoms with E-state index in [1.807, 2.05) is 6.07 Å². The van der Waals surface area contributed by atoms with Gasteiger partial charge in [-0.25, -0.2) is 0 Å². The first kappa shape index (κ1) is 14.8. The van der Waals surface area contributed by atoms with Crippen molar-refractivity contribution in [3.05, 3.63) is 71.3 Å². The van der Waals surface area contributed by atoms with Gasteiger partial charge in [0.25, 0.3) is 0 Å². The van der Waals surface area contributed by atoms with Gasteiger partial charge in [0.1, 0.15) is 0 Å². The summed E-state index contributed by atoms with van der Waals surface area (Å²) in [5, 5.41) is 0. The zero-order valence-electron chi connectivity index (χ0n) is 12.6. The number of nitrogens with zero attached hydrogens (tertiary/aromatic N) is 1. The normalized spacial score (nSPS) is 14.2. The molecule has 0 bridgehead atoms. The molecule has 0 aliphatic rings. The van der Waals surface area contributed by atoms with E-state index in [9.17, 15) is 0 Å². The highest BCUT2D eigenvalue weighted by Crippen LogP contribution is 2.24. The van der Waals surface area contributed by atoms with Gasteiger partial charge in [0.15, 0.2) is 0 Å². The van der Waals surface area contributed by atoms with Gasteiger partial charge in [-0.3, -0.25) is 4.90 Å². The maximum Gasteiger partial charge on any atom is 0.0496 e. The van der Waals surface area contributed by atoms with E-state index in [0.717, 1.165) is 6.54 Å². The van der Waals surface area contributed by atoms with Crippen molar-refractivity contribution in [1.29, 1.82) is 0 Å². The fourth-order valence-electron chi connectivity index (χ4n) is 2.69. The van der Waals surface area contributed by atoms with E-state index in [1.54, 1.807) is 0 Å². The molecule has 2 atom stereocenters. The van der Waals surface area contributed by atoms with Crippen LogP contribution >= 0.6 is 0 Å². The number of likely N-dealkylation sites (N-methyl/N-ethyl adjacent to an activating group) is 1. The number of benzene rings is 2. The van der Waals surface area contributed by atoms with Crippen molar-refractivity contribution < 1.29 is 0 Å². The zero-order chi connectivity index (χ0) is 14.5. The van der Waals surface area contributed by atoms with Gasteiger partial charge in [0, 0.05) is 18.6 Å². The van der Waals surface area contributed by atoms with Crippen molar-refractivity contribution in [2.45, 2.75) is 32.5 Å². The van der Waals surface area contributed by atoms with Gasteiger partial charge in [0.05, 0.1) is 0 Å². The predicted octanol–water partition coefficient (Wildman–Crippen LogP) is 3.52. The summed E-state index contributed by atoms with van der Waals surface area (Å²) in [7, 11) is 2.14. The second-order valence-corrected chi connectivity index (χ2v) is 5.62. The lowest BCUT2D eigenvalue weighted by Gasteiger charge is -2.31. The lowest BCUT2D eigenvalue weighted by Crippen LogP contribution is -2.36. The second-order valence-electron chi connectivity index (χ2n) is 5.62. The Morgan fingerprint density at radius 1 is 1.00 bits per heavy atom. The predicted molar refractivity (Wildman–Crippen MR) is 85.5 cm³/mol. The van der Waals surface area contributed by atoms with Crippen LogP contribution in [0.3, 0.4) is 0 Å². The lowest BCUT2D eigenvalue weighted by atomic mass is 9.98. The molecule has 0 heterocycles. The first-order valence-corrected chi connectivity index (χ1v) is 7.14. The number of nitrogens with two attached hydrogens (primary N) is 1. The topological polar surface area (TPSA) is 29.3 Å². The van der Waals surface area contributed by atoms with Crippen LogP contribution < -0.4 is 5.73 Å². The molecular formula is C18H24N2. The minimum atomic E-state index is 0.0893. The maximum atomic E-state index is 6.22. The number of rotatable bonds is 5. The molecule has 0 aliphatic carbocycles. The highest BCUT2D eigenvalue weighted by molar-refractivity contribution is 5.25. The van der Waals surface area contributed by atoms with Gasteiger partial charge in [-0.05, 0) is 32.0 Å². The highest BCUT2D eigenvalue weighted by Gasteiger charge is 2.21. The SMILES string of the molecule is Cc1ccc(C(C(C)N)N(C)Cc2ccccc2)cc1. The Morgan fingerprint density at radius 2 is 1.60 bits per heavy atom. The summed E-state index contributed by atoms with van der Waals surface area (Å²) < 4.78 is 0. The Hall–Kier alpha value is -1.64. The van der Waals surface area contributed by atoms with Crippen LogP contribution in [0.1, 0.15) is 29.7 Å². The number of hydrogen-bond acceptors (Lipinski definition) is 2. The standard InChI is InChI=1S/C18H24N2/c1-14-9-11-17(12-10-14)18(15(2)19)20(3)13-16-7-5-4-6-8-16/h4-12,15,18H,13,19H2,1-3H3. The molecule has 0 radical (unpaired) electrons. The van der Waals surface area contributed by atoms with Crippen molar-refractivity contribution in [2.24, 2.45) is 5.73 Å². The van der Waals surface area contributed by atoms with Crippen LogP contribution in [-0.4, -0.2) is 18.0 Å². The van der Waals surface area contributed by atoms with Crippen molar-refractivity contribution in [3.63, 3.8) is 0 Å². The number of aryl methyl sites for hydroxylation is 1. The van der Waals surface area contributed by atoms with E-state index in [2.05, 4.69) is 74.3 Å². The van der Waals surface area contributed by atoms with E-state index in [1.165, 1.54) is 16.7 Å². The third-order valence-electron chi connectivity index (χ3n) is 3.67. The molecule has 0 saturated carbocycles. The molecule has 2 N–H and O–H groups in total. The lowest BCUT2D eigenvalue weighted by molar-refractivity contribution is 0.211. The molecule has 2 rings (SSSR count). The molecular weight excluding hydrogens is 244 g/mol. The minimum absolute atomic E-state index is 0.0893. The van der Waals surface area contributed by atoms with Crippen molar-refractivity contribution in [1.82, 2.24) is 4.90 Å². The summed E-state index contributed by atoms with van der Waals surface area (Å²) >= 11 is 0. The van der Waals surface area contributed by atoms with Crippen LogP contribution in [0, 0.1) is 6.92 Å². The molecule has 0 saturated heterocycles. The summed E-state index contributed by atoms with van der Waals surface area (Å²) in [4.78, 5) is 2.32. The third-order valence-corrected chi connectivity index (χ3v) is 3.67. The summed E-state index contributed by atoms with van der Waals surface area (Å²) in [6.45, 7) is 5.09. The molecule has 2 heteroatoms. The van der Waals surface area contributed by atoms with E-state index in [-0.39, 0.29) is 12.1 Å². The van der Waals surface area contributed by atoms with Gasteiger partial charge in [0.2, 0.25) is 0 Å². The van der Waals surface area contributed by atoms with Crippen molar-refractivity contribution in [2.75, 3.05) is 7.05 Å². The van der Waals surface area contributed by atoms with Crippen LogP contribution in [0.25, 0.3) is 0 Å². The van der Waals surface area contributed by atoms with E-state index >= 15 is 0 Å². The molecule has 0 spiro atoms. The fourth-order valence-corrected chi connectivity index (χ4v) is 2.69. The van der Waals surface area contributed by atoms with Crippen molar-refractivity contribution in [3.8, 4) is 0 Å². The molecule has 0 aliphatic heterocycles. The largest absolute Gasteiger partial charge is 0.326 e. The fraction of sp³-hybridized carbons (Fsp3) is 0.333. The minimum Gasteiger partial charge on any atom is -0.326 e. The van der Waals surface area contributed by atoms with Crippen LogP contribution in [0.4, 0.5) is 0 Å². The molecule has 106 valence electrons. The smallest absolute Gasteiger partial charge is 0.0496 e. The van der Waals surface area contributed by atoms with Crippen LogP contribution in [-0.2, 0) is 6.54 Å². The molecule has 2 aromatic rings. The van der Waals surface area contributed by atoms with Gasteiger partial charge in [-0.2, -0.15) is 0 Å². The van der Waals surface area contributed by atoms with E-state index in [0.29, 0.717) is 0 Å². The zero-order valence-corrected chi connectivity index (χ0v) is 12.6. The summed E-state index contributed by atoms with van der Waals surface area (Å²) in [6, 6.07) is 19.5. The Labute approximate surface area is 122 Å². The first-order chi connectivity index (χ1) is 9.58. The molecule has 0 amide bonds. The molecule has 0 aromatic heterocycles. The summed E-state index contributed by atoms with van der Waals surface area (Å²) in [5.41, 5.74) is 10.1. The van der Waals surface area contributed by atoms with Crippen LogP contribution in [0.2, 0.25) is 0 Å². The average Bonchev–Trinajstić information content (AvgIpc) is 2.42. The maximum absolute atomic E-state index is 6.22. The van der Waals surface area contributed by atoms with E-state index < -0.39 is 0 Å². The monoisotopic (exact) mass is 268 g/mol. The van der Waals surface area contributed by atoms with Gasteiger partial charge in [-0.1, -0.05) is 60.2 Å². The Bertz CT molecular complexity index is 517. The first-order valence-electron chi connectivity index (χ1n) is 7.14. The molecule has 2 nitrogen and oxygen atoms in total. The van der Waals surface area contributed by atoms with Crippen molar-refractivity contribution >= 4 is 0 Å². The Morgan fingerprint density at radius 3 is 2.15 bits per heavy atom. The van der Waals surface area contributed by atoms with Crippen LogP contribution in [0.5, 0.6) is 0 Å². The summed E-state index contributed by atoms with van der Waals surface area (Å²) in [6.07, 6.45) is 0.